The molecule has 2 aromatic heterocycles. The van der Waals surface area contributed by atoms with Crippen LogP contribution < -0.4 is 10.5 Å². The van der Waals surface area contributed by atoms with Crippen molar-refractivity contribution in [3.8, 4) is 23.3 Å². The van der Waals surface area contributed by atoms with E-state index < -0.39 is 36.9 Å². The summed E-state index contributed by atoms with van der Waals surface area (Å²) in [5, 5.41) is 55.4. The molecule has 0 aliphatic heterocycles. The van der Waals surface area contributed by atoms with Gasteiger partial charge < -0.3 is 41.0 Å². The number of aromatic amines is 1. The minimum absolute atomic E-state index is 0.0854. The molecule has 0 amide bonds. The van der Waals surface area contributed by atoms with Gasteiger partial charge in [0.2, 0.25) is 0 Å². The molecule has 9 unspecified atom stereocenters. The average Bonchev–Trinajstić information content (AvgIpc) is 3.83. The van der Waals surface area contributed by atoms with Crippen LogP contribution in [0.3, 0.4) is 0 Å². The molecule has 274 valence electrons. The Morgan fingerprint density at radius 1 is 1.02 bits per heavy atom. The highest BCUT2D eigenvalue weighted by atomic mass is 16.5. The number of aromatic nitrogens is 2. The predicted molar refractivity (Wildman–Crippen MR) is 198 cm³/mol. The third-order valence-electron chi connectivity index (χ3n) is 11.9. The minimum Gasteiger partial charge on any atom is -0.504 e. The number of benzene rings is 1. The standard InChI is InChI=1S/C42H55N3O6/c1-2-27-8-3-4-9-34(48)41-28(12-11-27)13-14-29(22-35(41)49)30-15-16-33(47)37(23-30)51-38(36(50)26-46)25-32(31-17-21-45-40(43)24-31)42(18-5-6-19-42)39-10-7-20-44-39/h7,10,13-17,20-21,23-24,27-29,32,34-36,38,41,44,46-50H,2-6,8-9,18-19,22,25-26H2,1H3,(H2,43,45). The lowest BCUT2D eigenvalue weighted by Gasteiger charge is -2.40. The number of H-pyrrole nitrogens is 1. The quantitative estimate of drug-likeness (QED) is 0.0935. The van der Waals surface area contributed by atoms with Crippen molar-refractivity contribution in [2.24, 2.45) is 17.8 Å². The van der Waals surface area contributed by atoms with Crippen molar-refractivity contribution in [3.63, 3.8) is 0 Å². The minimum atomic E-state index is -1.23. The van der Waals surface area contributed by atoms with Gasteiger partial charge in [0, 0.05) is 47.2 Å². The van der Waals surface area contributed by atoms with Gasteiger partial charge in [0.15, 0.2) is 11.5 Å². The van der Waals surface area contributed by atoms with Crippen molar-refractivity contribution in [1.29, 1.82) is 0 Å². The summed E-state index contributed by atoms with van der Waals surface area (Å²) in [4.78, 5) is 7.70. The molecule has 9 nitrogen and oxygen atoms in total. The van der Waals surface area contributed by atoms with E-state index in [1.807, 2.05) is 36.5 Å². The highest BCUT2D eigenvalue weighted by Gasteiger charge is 2.46. The Bertz CT molecular complexity index is 1660. The van der Waals surface area contributed by atoms with Crippen LogP contribution in [0.4, 0.5) is 5.82 Å². The predicted octanol–water partition coefficient (Wildman–Crippen LogP) is 6.09. The average molecular weight is 698 g/mol. The molecule has 1 saturated carbocycles. The van der Waals surface area contributed by atoms with Gasteiger partial charge in [0.05, 0.1) is 18.8 Å². The zero-order valence-corrected chi connectivity index (χ0v) is 29.7. The number of aliphatic hydroxyl groups excluding tert-OH is 4. The number of hydrogen-bond acceptors (Lipinski definition) is 8. The van der Waals surface area contributed by atoms with Gasteiger partial charge >= 0.3 is 0 Å². The molecule has 0 spiro atoms. The molecule has 6 rings (SSSR count). The van der Waals surface area contributed by atoms with E-state index in [1.54, 1.807) is 18.3 Å². The Morgan fingerprint density at radius 3 is 2.55 bits per heavy atom. The van der Waals surface area contributed by atoms with Crippen molar-refractivity contribution in [3.05, 3.63) is 83.8 Å². The molecule has 0 radical (unpaired) electrons. The van der Waals surface area contributed by atoms with Crippen LogP contribution in [-0.2, 0) is 5.41 Å². The lowest BCUT2D eigenvalue weighted by molar-refractivity contribution is -0.0124. The topological polar surface area (TPSA) is 165 Å². The first kappa shape index (κ1) is 37.0. The number of fused-ring (bicyclic) bond motifs is 1. The van der Waals surface area contributed by atoms with Crippen LogP contribution >= 0.6 is 0 Å². The number of aliphatic hydroxyl groups is 4. The summed E-state index contributed by atoms with van der Waals surface area (Å²) in [5.41, 5.74) is 8.82. The molecule has 2 heterocycles. The molecule has 3 aromatic rings. The fourth-order valence-electron chi connectivity index (χ4n) is 9.00. The Morgan fingerprint density at radius 2 is 1.82 bits per heavy atom. The van der Waals surface area contributed by atoms with E-state index in [-0.39, 0.29) is 34.7 Å². The number of nitrogens with zero attached hydrogens (tertiary/aromatic N) is 1. The smallest absolute Gasteiger partial charge is 0.161 e. The molecule has 0 bridgehead atoms. The van der Waals surface area contributed by atoms with Crippen molar-refractivity contribution in [1.82, 2.24) is 9.97 Å². The SMILES string of the molecule is CCC1C#CC2C=CC(c3ccc(O)c(OC(CC(c4ccnc(N)c4)C4(c5ccc[nH]5)CCCC4)C(O)CO)c3)CC(O)C2C(O)CCCC1. The van der Waals surface area contributed by atoms with Gasteiger partial charge in [-0.05, 0) is 98.4 Å². The molecule has 9 atom stereocenters. The summed E-state index contributed by atoms with van der Waals surface area (Å²) >= 11 is 0. The van der Waals surface area contributed by atoms with Crippen LogP contribution in [0.5, 0.6) is 11.5 Å². The van der Waals surface area contributed by atoms with Gasteiger partial charge in [0.1, 0.15) is 18.0 Å². The van der Waals surface area contributed by atoms with Gasteiger partial charge in [-0.25, -0.2) is 4.98 Å². The van der Waals surface area contributed by atoms with Gasteiger partial charge in [0.25, 0.3) is 0 Å². The lowest BCUT2D eigenvalue weighted by atomic mass is 9.66. The maximum Gasteiger partial charge on any atom is 0.161 e. The van der Waals surface area contributed by atoms with Gasteiger partial charge in [-0.1, -0.05) is 62.7 Å². The number of hydrogen-bond donors (Lipinski definition) is 7. The van der Waals surface area contributed by atoms with Crippen molar-refractivity contribution in [2.75, 3.05) is 12.3 Å². The Balaban J connectivity index is 1.31. The van der Waals surface area contributed by atoms with E-state index >= 15 is 0 Å². The maximum absolute atomic E-state index is 11.6. The van der Waals surface area contributed by atoms with Crippen LogP contribution in [0.2, 0.25) is 0 Å². The van der Waals surface area contributed by atoms with Crippen molar-refractivity contribution < 1.29 is 30.3 Å². The van der Waals surface area contributed by atoms with Crippen molar-refractivity contribution >= 4 is 5.82 Å². The number of allylic oxidation sites excluding steroid dienone is 2. The second-order valence-corrected chi connectivity index (χ2v) is 15.0. The van der Waals surface area contributed by atoms with E-state index in [2.05, 4.69) is 40.9 Å². The number of phenols is 1. The van der Waals surface area contributed by atoms with Crippen LogP contribution in [-0.4, -0.2) is 66.5 Å². The third kappa shape index (κ3) is 8.31. The van der Waals surface area contributed by atoms with E-state index in [0.717, 1.165) is 68.2 Å². The van der Waals surface area contributed by atoms with Crippen LogP contribution in [0.25, 0.3) is 0 Å². The molecule has 1 aromatic carbocycles. The zero-order valence-electron chi connectivity index (χ0n) is 29.7. The normalized spacial score (nSPS) is 28.0. The van der Waals surface area contributed by atoms with Crippen LogP contribution in [0.15, 0.2) is 67.0 Å². The number of phenolic OH excluding ortho intramolecular Hbond substituents is 1. The molecule has 8 N–H and O–H groups in total. The maximum atomic E-state index is 11.6. The van der Waals surface area contributed by atoms with Crippen LogP contribution in [0, 0.1) is 29.6 Å². The number of nitrogens with one attached hydrogen (secondary N) is 1. The summed E-state index contributed by atoms with van der Waals surface area (Å²) in [7, 11) is 0. The Kier molecular flexibility index (Phi) is 12.1. The summed E-state index contributed by atoms with van der Waals surface area (Å²) < 4.78 is 6.52. The molecule has 0 saturated heterocycles. The molecule has 1 fully saturated rings. The first-order chi connectivity index (χ1) is 24.7. The third-order valence-corrected chi connectivity index (χ3v) is 11.9. The van der Waals surface area contributed by atoms with E-state index in [1.165, 1.54) is 0 Å². The Hall–Kier alpha value is -3.81. The number of anilines is 1. The largest absolute Gasteiger partial charge is 0.504 e. The summed E-state index contributed by atoms with van der Waals surface area (Å²) in [6.45, 7) is 1.64. The second kappa shape index (κ2) is 16.7. The molecular weight excluding hydrogens is 642 g/mol. The highest BCUT2D eigenvalue weighted by Crippen LogP contribution is 2.53. The monoisotopic (exact) mass is 697 g/mol. The number of ether oxygens (including phenoxy) is 1. The lowest BCUT2D eigenvalue weighted by Crippen LogP contribution is -2.41. The van der Waals surface area contributed by atoms with Gasteiger partial charge in [-0.2, -0.15) is 0 Å². The molecule has 3 aliphatic rings. The molecule has 9 heteroatoms. The zero-order chi connectivity index (χ0) is 36.0. The number of aromatic hydroxyl groups is 1. The van der Waals surface area contributed by atoms with E-state index in [9.17, 15) is 25.5 Å². The summed E-state index contributed by atoms with van der Waals surface area (Å²) in [6, 6.07) is 13.1. The fraction of sp³-hybridized carbons (Fsp3) is 0.548. The van der Waals surface area contributed by atoms with E-state index in [4.69, 9.17) is 10.5 Å². The molecular formula is C42H55N3O6. The van der Waals surface area contributed by atoms with Crippen LogP contribution in [0.1, 0.15) is 106 Å². The number of nitrogen functional groups attached to an aromatic ring is 1. The highest BCUT2D eigenvalue weighted by molar-refractivity contribution is 5.45. The first-order valence-electron chi connectivity index (χ1n) is 18.9. The number of pyridine rings is 1. The van der Waals surface area contributed by atoms with Gasteiger partial charge in [-0.3, -0.25) is 0 Å². The number of rotatable bonds is 11. The number of nitrogens with two attached hydrogens (primary N) is 1. The second-order valence-electron chi connectivity index (χ2n) is 15.0. The summed E-state index contributed by atoms with van der Waals surface area (Å²) in [5.74, 6) is 6.64. The molecule has 51 heavy (non-hydrogen) atoms. The Labute approximate surface area is 302 Å². The van der Waals surface area contributed by atoms with Crippen molar-refractivity contribution in [2.45, 2.75) is 119 Å². The molecule has 3 aliphatic carbocycles. The van der Waals surface area contributed by atoms with E-state index in [0.29, 0.717) is 31.0 Å². The fourth-order valence-corrected chi connectivity index (χ4v) is 9.00. The first-order valence-corrected chi connectivity index (χ1v) is 18.9. The summed E-state index contributed by atoms with van der Waals surface area (Å²) in [6.07, 6.45) is 13.4. The van der Waals surface area contributed by atoms with Gasteiger partial charge in [-0.15, -0.1) is 0 Å².